The van der Waals surface area contributed by atoms with Crippen molar-refractivity contribution in [1.82, 2.24) is 5.06 Å². The molecular weight excluding hydrogens is 160 g/mol. The van der Waals surface area contributed by atoms with E-state index in [1.165, 1.54) is 6.92 Å². The summed E-state index contributed by atoms with van der Waals surface area (Å²) < 4.78 is 0. The molecule has 0 heterocycles. The molecule has 0 aliphatic carbocycles. The first-order chi connectivity index (χ1) is 5.49. The SMILES string of the molecule is CCN([O-])C(C)CC(C)[N+](=O)[O-]. The van der Waals surface area contributed by atoms with Crippen molar-refractivity contribution in [3.63, 3.8) is 0 Å². The Kier molecular flexibility index (Phi) is 4.77. The van der Waals surface area contributed by atoms with Crippen molar-refractivity contribution < 1.29 is 4.92 Å². The first-order valence-corrected chi connectivity index (χ1v) is 4.06. The van der Waals surface area contributed by atoms with Gasteiger partial charge in [0.2, 0.25) is 6.04 Å². The summed E-state index contributed by atoms with van der Waals surface area (Å²) in [4.78, 5) is 9.87. The second-order valence-electron chi connectivity index (χ2n) is 2.95. The van der Waals surface area contributed by atoms with Crippen molar-refractivity contribution in [2.45, 2.75) is 39.3 Å². The minimum atomic E-state index is -0.636. The van der Waals surface area contributed by atoms with Crippen LogP contribution in [0.15, 0.2) is 0 Å². The summed E-state index contributed by atoms with van der Waals surface area (Å²) in [6.07, 6.45) is 0.310. The zero-order chi connectivity index (χ0) is 9.72. The molecule has 0 fully saturated rings. The fourth-order valence-corrected chi connectivity index (χ4v) is 1.01. The smallest absolute Gasteiger partial charge is 0.211 e. The molecule has 12 heavy (non-hydrogen) atoms. The Morgan fingerprint density at radius 2 is 2.00 bits per heavy atom. The predicted molar refractivity (Wildman–Crippen MR) is 46.3 cm³/mol. The number of nitro groups is 1. The number of hydroxylamine groups is 2. The average molecular weight is 175 g/mol. The van der Waals surface area contributed by atoms with Crippen molar-refractivity contribution in [3.05, 3.63) is 15.3 Å². The van der Waals surface area contributed by atoms with Gasteiger partial charge in [0.1, 0.15) is 0 Å². The summed E-state index contributed by atoms with van der Waals surface area (Å²) in [5, 5.41) is 22.1. The first-order valence-electron chi connectivity index (χ1n) is 4.06. The lowest BCUT2D eigenvalue weighted by Crippen LogP contribution is -2.32. The number of hydrogen-bond acceptors (Lipinski definition) is 4. The van der Waals surface area contributed by atoms with Gasteiger partial charge in [-0.15, -0.1) is 0 Å². The highest BCUT2D eigenvalue weighted by Gasteiger charge is 2.16. The van der Waals surface area contributed by atoms with Crippen LogP contribution >= 0.6 is 0 Å². The van der Waals surface area contributed by atoms with Gasteiger partial charge >= 0.3 is 0 Å². The molecule has 0 rings (SSSR count). The summed E-state index contributed by atoms with van der Waals surface area (Å²) in [6, 6.07) is -0.904. The van der Waals surface area contributed by atoms with Crippen molar-refractivity contribution >= 4 is 0 Å². The van der Waals surface area contributed by atoms with Crippen LogP contribution in [0.25, 0.3) is 0 Å². The quantitative estimate of drug-likeness (QED) is 0.465. The standard InChI is InChI=1S/C7H15N2O3/c1-4-8(10)6(2)5-7(3)9(11)12/h6-7H,4-5H2,1-3H3/q-1. The van der Waals surface area contributed by atoms with Gasteiger partial charge < -0.3 is 10.3 Å². The highest BCUT2D eigenvalue weighted by molar-refractivity contribution is 4.68. The van der Waals surface area contributed by atoms with Crippen LogP contribution < -0.4 is 0 Å². The molecule has 0 bridgehead atoms. The van der Waals surface area contributed by atoms with Gasteiger partial charge in [0.15, 0.2) is 0 Å². The molecule has 0 N–H and O–H groups in total. The first kappa shape index (κ1) is 11.3. The van der Waals surface area contributed by atoms with Gasteiger partial charge in [0, 0.05) is 24.3 Å². The highest BCUT2D eigenvalue weighted by atomic mass is 16.6. The third-order valence-corrected chi connectivity index (χ3v) is 1.85. The van der Waals surface area contributed by atoms with Crippen molar-refractivity contribution in [2.24, 2.45) is 0 Å². The Morgan fingerprint density at radius 3 is 2.33 bits per heavy atom. The van der Waals surface area contributed by atoms with Gasteiger partial charge in [-0.25, -0.2) is 0 Å². The molecule has 0 radical (unpaired) electrons. The number of rotatable bonds is 5. The summed E-state index contributed by atoms with van der Waals surface area (Å²) >= 11 is 0. The van der Waals surface area contributed by atoms with Crippen LogP contribution in [0.3, 0.4) is 0 Å². The van der Waals surface area contributed by atoms with Crippen molar-refractivity contribution in [3.8, 4) is 0 Å². The van der Waals surface area contributed by atoms with Crippen LogP contribution in [0.2, 0.25) is 0 Å². The molecule has 0 aliphatic rings. The zero-order valence-corrected chi connectivity index (χ0v) is 7.69. The largest absolute Gasteiger partial charge is 0.785 e. The molecule has 72 valence electrons. The Bertz CT molecular complexity index is 152. The van der Waals surface area contributed by atoms with Crippen molar-refractivity contribution in [2.75, 3.05) is 6.54 Å². The van der Waals surface area contributed by atoms with Crippen LogP contribution in [0, 0.1) is 15.3 Å². The van der Waals surface area contributed by atoms with E-state index >= 15 is 0 Å². The van der Waals surface area contributed by atoms with Crippen LogP contribution in [-0.2, 0) is 0 Å². The molecule has 0 spiro atoms. The van der Waals surface area contributed by atoms with E-state index in [1.54, 1.807) is 13.8 Å². The van der Waals surface area contributed by atoms with E-state index in [9.17, 15) is 15.3 Å². The normalized spacial score (nSPS) is 16.1. The predicted octanol–water partition coefficient (Wildman–Crippen LogP) is 1.25. The second kappa shape index (κ2) is 5.05. The Labute approximate surface area is 72.1 Å². The Morgan fingerprint density at radius 1 is 1.50 bits per heavy atom. The van der Waals surface area contributed by atoms with Crippen LogP contribution in [0.1, 0.15) is 27.2 Å². The lowest BCUT2D eigenvalue weighted by molar-refractivity contribution is -0.519. The average Bonchev–Trinajstić information content (AvgIpc) is 2.02. The van der Waals surface area contributed by atoms with Crippen molar-refractivity contribution in [1.29, 1.82) is 0 Å². The van der Waals surface area contributed by atoms with E-state index in [4.69, 9.17) is 0 Å². The topological polar surface area (TPSA) is 69.4 Å². The third-order valence-electron chi connectivity index (χ3n) is 1.85. The minimum Gasteiger partial charge on any atom is -0.785 e. The Hall–Kier alpha value is -0.680. The lowest BCUT2D eigenvalue weighted by atomic mass is 10.1. The van der Waals surface area contributed by atoms with E-state index < -0.39 is 6.04 Å². The second-order valence-corrected chi connectivity index (χ2v) is 2.95. The molecule has 5 heteroatoms. The molecule has 0 amide bonds. The molecule has 0 aromatic carbocycles. The molecule has 0 aromatic heterocycles. The molecule has 0 aliphatic heterocycles. The molecule has 5 nitrogen and oxygen atoms in total. The van der Waals surface area contributed by atoms with E-state index in [0.717, 1.165) is 5.06 Å². The van der Waals surface area contributed by atoms with Crippen LogP contribution in [-0.4, -0.2) is 28.6 Å². The fourth-order valence-electron chi connectivity index (χ4n) is 1.01. The monoisotopic (exact) mass is 175 g/mol. The fraction of sp³-hybridized carbons (Fsp3) is 1.00. The van der Waals surface area contributed by atoms with Crippen LogP contribution in [0.4, 0.5) is 0 Å². The summed E-state index contributed by atoms with van der Waals surface area (Å²) in [5.74, 6) is 0. The number of nitrogens with zero attached hydrogens (tertiary/aromatic N) is 2. The van der Waals surface area contributed by atoms with Gasteiger partial charge in [-0.2, -0.15) is 0 Å². The van der Waals surface area contributed by atoms with E-state index in [-0.39, 0.29) is 11.0 Å². The maximum atomic E-state index is 11.0. The molecule has 0 saturated heterocycles. The summed E-state index contributed by atoms with van der Waals surface area (Å²) in [6.45, 7) is 5.34. The van der Waals surface area contributed by atoms with Crippen LogP contribution in [0.5, 0.6) is 0 Å². The molecular formula is C7H15N2O3-. The van der Waals surface area contributed by atoms with Gasteiger partial charge in [-0.3, -0.25) is 10.1 Å². The molecule has 0 saturated carbocycles. The minimum absolute atomic E-state index is 0.268. The summed E-state index contributed by atoms with van der Waals surface area (Å²) in [5.41, 5.74) is 0. The number of hydrogen-bond donors (Lipinski definition) is 0. The maximum absolute atomic E-state index is 11.0. The molecule has 2 unspecified atom stereocenters. The van der Waals surface area contributed by atoms with Gasteiger partial charge in [0.25, 0.3) is 0 Å². The Balaban J connectivity index is 3.83. The molecule has 2 atom stereocenters. The highest BCUT2D eigenvalue weighted by Crippen LogP contribution is 2.06. The zero-order valence-electron chi connectivity index (χ0n) is 7.69. The van der Waals surface area contributed by atoms with Gasteiger partial charge in [-0.1, -0.05) is 13.8 Å². The summed E-state index contributed by atoms with van der Waals surface area (Å²) in [7, 11) is 0. The third kappa shape index (κ3) is 3.64. The van der Waals surface area contributed by atoms with E-state index in [1.807, 2.05) is 0 Å². The maximum Gasteiger partial charge on any atom is 0.211 e. The van der Waals surface area contributed by atoms with E-state index in [0.29, 0.717) is 13.0 Å². The molecule has 0 aromatic rings. The van der Waals surface area contributed by atoms with Gasteiger partial charge in [0.05, 0.1) is 0 Å². The lowest BCUT2D eigenvalue weighted by Gasteiger charge is -2.33. The van der Waals surface area contributed by atoms with Gasteiger partial charge in [-0.05, 0) is 6.54 Å². The van der Waals surface area contributed by atoms with E-state index in [2.05, 4.69) is 0 Å².